The van der Waals surface area contributed by atoms with Gasteiger partial charge in [-0.1, -0.05) is 48.5 Å². The fraction of sp³-hybridized carbons (Fsp3) is 0.208. The van der Waals surface area contributed by atoms with Crippen molar-refractivity contribution in [3.05, 3.63) is 101 Å². The number of amides is 2. The second-order valence-electron chi connectivity index (χ2n) is 7.15. The highest BCUT2D eigenvalue weighted by molar-refractivity contribution is 8.00. The van der Waals surface area contributed by atoms with E-state index in [9.17, 15) is 9.59 Å². The Morgan fingerprint density at radius 2 is 1.80 bits per heavy atom. The Hall–Kier alpha value is -3.12. The van der Waals surface area contributed by atoms with Crippen molar-refractivity contribution < 1.29 is 9.59 Å². The van der Waals surface area contributed by atoms with Gasteiger partial charge in [0.25, 0.3) is 5.91 Å². The molecule has 1 aromatic heterocycles. The Morgan fingerprint density at radius 3 is 2.53 bits per heavy atom. The summed E-state index contributed by atoms with van der Waals surface area (Å²) < 4.78 is 0. The molecule has 152 valence electrons. The number of hydrogen-bond donors (Lipinski definition) is 1. The number of carbonyl (C=O) groups is 2. The number of pyridine rings is 1. The Labute approximate surface area is 180 Å². The van der Waals surface area contributed by atoms with Gasteiger partial charge in [0.1, 0.15) is 5.37 Å². The molecule has 6 heteroatoms. The van der Waals surface area contributed by atoms with Crippen LogP contribution < -0.4 is 5.32 Å². The predicted molar refractivity (Wildman–Crippen MR) is 119 cm³/mol. The lowest BCUT2D eigenvalue weighted by molar-refractivity contribution is -0.128. The molecular formula is C24H23N3O2S. The molecule has 0 radical (unpaired) electrons. The van der Waals surface area contributed by atoms with Crippen molar-refractivity contribution in [3.63, 3.8) is 0 Å². The van der Waals surface area contributed by atoms with Crippen LogP contribution in [0.5, 0.6) is 0 Å². The lowest BCUT2D eigenvalue weighted by Gasteiger charge is -2.24. The zero-order chi connectivity index (χ0) is 20.8. The summed E-state index contributed by atoms with van der Waals surface area (Å²) in [5, 5.41) is 2.90. The Bertz CT molecular complexity index is 994. The van der Waals surface area contributed by atoms with E-state index < -0.39 is 0 Å². The molecule has 2 heterocycles. The van der Waals surface area contributed by atoms with E-state index in [2.05, 4.69) is 22.4 Å². The first-order valence-electron chi connectivity index (χ1n) is 9.93. The number of hydrogen-bond acceptors (Lipinski definition) is 4. The summed E-state index contributed by atoms with van der Waals surface area (Å²) in [7, 11) is 0. The molecule has 3 aromatic rings. The zero-order valence-corrected chi connectivity index (χ0v) is 17.3. The lowest BCUT2D eigenvalue weighted by atomic mass is 10.1. The van der Waals surface area contributed by atoms with E-state index in [-0.39, 0.29) is 17.2 Å². The molecule has 0 unspecified atom stereocenters. The molecule has 1 saturated heterocycles. The molecule has 4 rings (SSSR count). The zero-order valence-electron chi connectivity index (χ0n) is 16.5. The van der Waals surface area contributed by atoms with Crippen LogP contribution in [0.3, 0.4) is 0 Å². The molecule has 2 aromatic carbocycles. The van der Waals surface area contributed by atoms with Gasteiger partial charge in [0, 0.05) is 31.0 Å². The molecule has 2 amide bonds. The SMILES string of the molecule is O=C(NCc1cccnc1)c1ccc([C@@H]2SCC(=O)N2CCc2ccccc2)cc1. The maximum Gasteiger partial charge on any atom is 0.251 e. The smallest absolute Gasteiger partial charge is 0.251 e. The summed E-state index contributed by atoms with van der Waals surface area (Å²) >= 11 is 1.64. The Kier molecular flexibility index (Phi) is 6.44. The monoisotopic (exact) mass is 417 g/mol. The molecule has 0 aliphatic carbocycles. The molecule has 1 N–H and O–H groups in total. The van der Waals surface area contributed by atoms with Gasteiger partial charge < -0.3 is 10.2 Å². The van der Waals surface area contributed by atoms with Crippen molar-refractivity contribution in [1.29, 1.82) is 0 Å². The number of nitrogens with zero attached hydrogens (tertiary/aromatic N) is 2. The van der Waals surface area contributed by atoms with Gasteiger partial charge in [0.2, 0.25) is 5.91 Å². The third kappa shape index (κ3) is 4.89. The molecule has 0 bridgehead atoms. The van der Waals surface area contributed by atoms with Gasteiger partial charge in [-0.25, -0.2) is 0 Å². The van der Waals surface area contributed by atoms with E-state index in [1.807, 2.05) is 59.5 Å². The minimum atomic E-state index is -0.124. The van der Waals surface area contributed by atoms with Crippen LogP contribution in [0.1, 0.15) is 32.4 Å². The van der Waals surface area contributed by atoms with Crippen molar-refractivity contribution >= 4 is 23.6 Å². The third-order valence-corrected chi connectivity index (χ3v) is 6.34. The molecule has 5 nitrogen and oxygen atoms in total. The van der Waals surface area contributed by atoms with E-state index in [1.54, 1.807) is 24.2 Å². The van der Waals surface area contributed by atoms with E-state index in [0.29, 0.717) is 24.4 Å². The van der Waals surface area contributed by atoms with Crippen molar-refractivity contribution in [1.82, 2.24) is 15.2 Å². The van der Waals surface area contributed by atoms with Crippen LogP contribution >= 0.6 is 11.8 Å². The standard InChI is InChI=1S/C24H23N3O2S/c28-22-17-30-24(27(22)14-12-18-5-2-1-3-6-18)21-10-8-20(9-11-21)23(29)26-16-19-7-4-13-25-15-19/h1-11,13,15,24H,12,14,16-17H2,(H,26,29)/t24-/m0/s1. The first-order chi connectivity index (χ1) is 14.7. The first kappa shape index (κ1) is 20.2. The van der Waals surface area contributed by atoms with Gasteiger partial charge in [0.05, 0.1) is 5.75 Å². The predicted octanol–water partition coefficient (Wildman–Crippen LogP) is 3.83. The van der Waals surface area contributed by atoms with Crippen LogP contribution in [0, 0.1) is 0 Å². The van der Waals surface area contributed by atoms with Crippen molar-refractivity contribution in [2.75, 3.05) is 12.3 Å². The fourth-order valence-electron chi connectivity index (χ4n) is 3.45. The number of rotatable bonds is 7. The minimum Gasteiger partial charge on any atom is -0.348 e. The third-order valence-electron chi connectivity index (χ3n) is 5.09. The van der Waals surface area contributed by atoms with Gasteiger partial charge >= 0.3 is 0 Å². The van der Waals surface area contributed by atoms with E-state index in [0.717, 1.165) is 17.5 Å². The second-order valence-corrected chi connectivity index (χ2v) is 8.22. The summed E-state index contributed by atoms with van der Waals surface area (Å²) in [6, 6.07) is 21.5. The average Bonchev–Trinajstić information content (AvgIpc) is 3.18. The van der Waals surface area contributed by atoms with E-state index in [4.69, 9.17) is 0 Å². The van der Waals surface area contributed by atoms with E-state index >= 15 is 0 Å². The summed E-state index contributed by atoms with van der Waals surface area (Å²) in [5.41, 5.74) is 3.83. The van der Waals surface area contributed by atoms with E-state index in [1.165, 1.54) is 5.56 Å². The lowest BCUT2D eigenvalue weighted by Crippen LogP contribution is -2.30. The Balaban J connectivity index is 1.38. The van der Waals surface area contributed by atoms with Gasteiger partial charge in [-0.15, -0.1) is 11.8 Å². The minimum absolute atomic E-state index is 0.00582. The molecule has 0 saturated carbocycles. The summed E-state index contributed by atoms with van der Waals surface area (Å²) in [5.74, 6) is 0.535. The number of benzene rings is 2. The highest BCUT2D eigenvalue weighted by atomic mass is 32.2. The maximum absolute atomic E-state index is 12.4. The van der Waals surface area contributed by atoms with Crippen LogP contribution in [-0.2, 0) is 17.8 Å². The van der Waals surface area contributed by atoms with Crippen LogP contribution in [-0.4, -0.2) is 34.0 Å². The van der Waals surface area contributed by atoms with Crippen LogP contribution in [0.25, 0.3) is 0 Å². The highest BCUT2D eigenvalue weighted by Gasteiger charge is 2.32. The maximum atomic E-state index is 12.4. The molecule has 0 spiro atoms. The summed E-state index contributed by atoms with van der Waals surface area (Å²) in [6.07, 6.45) is 4.28. The normalized spacial score (nSPS) is 15.9. The quantitative estimate of drug-likeness (QED) is 0.635. The number of aromatic nitrogens is 1. The topological polar surface area (TPSA) is 62.3 Å². The largest absolute Gasteiger partial charge is 0.348 e. The van der Waals surface area contributed by atoms with Crippen molar-refractivity contribution in [2.24, 2.45) is 0 Å². The number of nitrogens with one attached hydrogen (secondary N) is 1. The van der Waals surface area contributed by atoms with Crippen molar-refractivity contribution in [2.45, 2.75) is 18.3 Å². The van der Waals surface area contributed by atoms with Gasteiger partial charge in [0.15, 0.2) is 0 Å². The molecule has 1 aliphatic heterocycles. The first-order valence-corrected chi connectivity index (χ1v) is 11.0. The Morgan fingerprint density at radius 1 is 1.03 bits per heavy atom. The second kappa shape index (κ2) is 9.59. The average molecular weight is 418 g/mol. The highest BCUT2D eigenvalue weighted by Crippen LogP contribution is 2.38. The number of thioether (sulfide) groups is 1. The van der Waals surface area contributed by atoms with Crippen LogP contribution in [0.15, 0.2) is 79.1 Å². The van der Waals surface area contributed by atoms with Crippen molar-refractivity contribution in [3.8, 4) is 0 Å². The van der Waals surface area contributed by atoms with Crippen LogP contribution in [0.2, 0.25) is 0 Å². The molecule has 30 heavy (non-hydrogen) atoms. The number of carbonyl (C=O) groups excluding carboxylic acids is 2. The van der Waals surface area contributed by atoms with Crippen LogP contribution in [0.4, 0.5) is 0 Å². The fourth-order valence-corrected chi connectivity index (χ4v) is 4.67. The molecular weight excluding hydrogens is 394 g/mol. The van der Waals surface area contributed by atoms with Gasteiger partial charge in [-0.3, -0.25) is 14.6 Å². The summed E-state index contributed by atoms with van der Waals surface area (Å²) in [6.45, 7) is 1.13. The van der Waals surface area contributed by atoms with Gasteiger partial charge in [-0.05, 0) is 41.3 Å². The molecule has 1 aliphatic rings. The molecule has 1 atom stereocenters. The van der Waals surface area contributed by atoms with Gasteiger partial charge in [-0.2, -0.15) is 0 Å². The molecule has 1 fully saturated rings. The summed E-state index contributed by atoms with van der Waals surface area (Å²) in [4.78, 5) is 30.8.